The van der Waals surface area contributed by atoms with Gasteiger partial charge in [-0.05, 0) is 57.8 Å². The van der Waals surface area contributed by atoms with Crippen LogP contribution >= 0.6 is 0 Å². The Labute approximate surface area is 462 Å². The summed E-state index contributed by atoms with van der Waals surface area (Å²) in [4.78, 5) is 24.5. The van der Waals surface area contributed by atoms with Crippen LogP contribution in [0.1, 0.15) is 373 Å². The Morgan fingerprint density at radius 1 is 0.365 bits per heavy atom. The number of aliphatic hydroxyl groups excluding tert-OH is 2. The molecule has 0 aliphatic carbocycles. The number of esters is 1. The van der Waals surface area contributed by atoms with Gasteiger partial charge in [0.25, 0.3) is 0 Å². The Hall–Kier alpha value is -1.66. The number of ether oxygens (including phenoxy) is 1. The van der Waals surface area contributed by atoms with Gasteiger partial charge in [0.15, 0.2) is 0 Å². The van der Waals surface area contributed by atoms with Crippen molar-refractivity contribution in [2.75, 3.05) is 13.2 Å². The van der Waals surface area contributed by atoms with E-state index in [1.165, 1.54) is 308 Å². The summed E-state index contributed by atoms with van der Waals surface area (Å²) >= 11 is 0. The second-order valence-corrected chi connectivity index (χ2v) is 23.2. The lowest BCUT2D eigenvalue weighted by Gasteiger charge is -2.20. The summed E-state index contributed by atoms with van der Waals surface area (Å²) in [6, 6.07) is -0.626. The quantitative estimate of drug-likeness (QED) is 0.0320. The molecule has 0 fully saturated rings. The summed E-state index contributed by atoms with van der Waals surface area (Å²) in [5.74, 6) is -0.0470. The lowest BCUT2D eigenvalue weighted by atomic mass is 10.0. The lowest BCUT2D eigenvalue weighted by molar-refractivity contribution is -0.143. The molecule has 6 nitrogen and oxygen atoms in total. The summed E-state index contributed by atoms with van der Waals surface area (Å²) in [6.07, 6.45) is 79.6. The molecule has 438 valence electrons. The van der Waals surface area contributed by atoms with E-state index in [0.717, 1.165) is 38.5 Å². The number of nitrogens with one attached hydrogen (secondary N) is 1. The largest absolute Gasteiger partial charge is 0.466 e. The van der Waals surface area contributed by atoms with E-state index in [9.17, 15) is 19.8 Å². The van der Waals surface area contributed by atoms with Gasteiger partial charge in [0, 0.05) is 12.8 Å². The zero-order valence-corrected chi connectivity index (χ0v) is 50.1. The number of hydrogen-bond acceptors (Lipinski definition) is 5. The van der Waals surface area contributed by atoms with Gasteiger partial charge in [-0.1, -0.05) is 327 Å². The summed E-state index contributed by atoms with van der Waals surface area (Å²) < 4.78 is 5.47. The molecule has 0 aromatic carbocycles. The van der Waals surface area contributed by atoms with Gasteiger partial charge in [0.05, 0.1) is 25.4 Å². The number of aliphatic hydroxyl groups is 2. The van der Waals surface area contributed by atoms with Crippen LogP contribution in [0.5, 0.6) is 0 Å². The van der Waals surface area contributed by atoms with Crippen molar-refractivity contribution in [3.05, 3.63) is 24.3 Å². The zero-order valence-electron chi connectivity index (χ0n) is 50.1. The molecule has 1 amide bonds. The maximum atomic E-state index is 12.5. The van der Waals surface area contributed by atoms with Crippen molar-refractivity contribution in [1.29, 1.82) is 0 Å². The molecule has 0 radical (unpaired) electrons. The first-order chi connectivity index (χ1) is 36.5. The molecule has 0 bridgehead atoms. The van der Waals surface area contributed by atoms with Crippen LogP contribution in [0.25, 0.3) is 0 Å². The van der Waals surface area contributed by atoms with Gasteiger partial charge >= 0.3 is 5.97 Å². The van der Waals surface area contributed by atoms with Gasteiger partial charge in [-0.3, -0.25) is 9.59 Å². The third kappa shape index (κ3) is 59.6. The van der Waals surface area contributed by atoms with Crippen molar-refractivity contribution < 1.29 is 24.5 Å². The SMILES string of the molecule is CCCCCCCCCCCCCCCC/C=C/C(O)C(CO)NC(=O)CCCCCCCCCCCCCCCC/C=C\CCCCCCCCCCCCCCOC(=O)CCCCCCCCCCCCC. The molecule has 74 heavy (non-hydrogen) atoms. The van der Waals surface area contributed by atoms with Crippen LogP contribution in [0.15, 0.2) is 24.3 Å². The van der Waals surface area contributed by atoms with E-state index in [4.69, 9.17) is 4.74 Å². The maximum absolute atomic E-state index is 12.5. The monoisotopic (exact) mass is 1040 g/mol. The molecule has 0 spiro atoms. The fourth-order valence-corrected chi connectivity index (χ4v) is 10.6. The highest BCUT2D eigenvalue weighted by Crippen LogP contribution is 2.18. The first-order valence-corrected chi connectivity index (χ1v) is 33.6. The zero-order chi connectivity index (χ0) is 53.6. The Balaban J connectivity index is 3.38. The first-order valence-electron chi connectivity index (χ1n) is 33.6. The molecule has 0 aliphatic rings. The highest BCUT2D eigenvalue weighted by Gasteiger charge is 2.18. The molecule has 6 heteroatoms. The average molecular weight is 1040 g/mol. The molecule has 0 aliphatic heterocycles. The van der Waals surface area contributed by atoms with Crippen LogP contribution in [-0.2, 0) is 14.3 Å². The van der Waals surface area contributed by atoms with Gasteiger partial charge in [0.1, 0.15) is 0 Å². The van der Waals surface area contributed by atoms with Crippen molar-refractivity contribution in [3.63, 3.8) is 0 Å². The molecule has 3 N–H and O–H groups in total. The normalized spacial score (nSPS) is 12.6. The minimum Gasteiger partial charge on any atom is -0.466 e. The van der Waals surface area contributed by atoms with Crippen LogP contribution in [0, 0.1) is 0 Å². The van der Waals surface area contributed by atoms with Crippen molar-refractivity contribution >= 4 is 11.9 Å². The molecule has 0 heterocycles. The minimum absolute atomic E-state index is 0.0169. The standard InChI is InChI=1S/C68H131NO5/c1-3-5-7-9-11-13-15-16-17-34-37-41-44-48-52-56-60-66(71)65(64-70)69-67(72)61-57-53-49-45-42-38-35-32-30-28-26-24-22-20-18-19-21-23-25-27-29-31-33-36-39-43-47-51-55-59-63-74-68(73)62-58-54-50-46-40-14-12-10-8-6-4-2/h19,21,56,60,65-66,70-71H,3-18,20,22-55,57-59,61-64H2,1-2H3,(H,69,72)/b21-19-,60-56+. The van der Waals surface area contributed by atoms with Gasteiger partial charge in [-0.2, -0.15) is 0 Å². The van der Waals surface area contributed by atoms with E-state index in [1.54, 1.807) is 6.08 Å². The van der Waals surface area contributed by atoms with Gasteiger partial charge < -0.3 is 20.3 Å². The van der Waals surface area contributed by atoms with Crippen molar-refractivity contribution in [2.45, 2.75) is 386 Å². The third-order valence-electron chi connectivity index (χ3n) is 15.7. The van der Waals surface area contributed by atoms with E-state index in [0.29, 0.717) is 19.4 Å². The Morgan fingerprint density at radius 2 is 0.635 bits per heavy atom. The van der Waals surface area contributed by atoms with E-state index in [-0.39, 0.29) is 18.5 Å². The molecule has 0 aromatic rings. The first kappa shape index (κ1) is 72.3. The van der Waals surface area contributed by atoms with Crippen LogP contribution in [0.3, 0.4) is 0 Å². The second-order valence-electron chi connectivity index (χ2n) is 23.2. The predicted molar refractivity (Wildman–Crippen MR) is 324 cm³/mol. The predicted octanol–water partition coefficient (Wildman–Crippen LogP) is 21.4. The van der Waals surface area contributed by atoms with Crippen molar-refractivity contribution in [3.8, 4) is 0 Å². The summed E-state index contributed by atoms with van der Waals surface area (Å²) in [5, 5.41) is 23.2. The van der Waals surface area contributed by atoms with Crippen LogP contribution in [0.2, 0.25) is 0 Å². The van der Waals surface area contributed by atoms with Crippen LogP contribution in [-0.4, -0.2) is 47.4 Å². The summed E-state index contributed by atoms with van der Waals surface area (Å²) in [7, 11) is 0. The number of carbonyl (C=O) groups is 2. The molecule has 0 aromatic heterocycles. The van der Waals surface area contributed by atoms with Gasteiger partial charge in [0.2, 0.25) is 5.91 Å². The number of unbranched alkanes of at least 4 members (excludes halogenated alkanes) is 50. The average Bonchev–Trinajstić information content (AvgIpc) is 3.40. The van der Waals surface area contributed by atoms with Crippen molar-refractivity contribution in [2.24, 2.45) is 0 Å². The number of amides is 1. The van der Waals surface area contributed by atoms with E-state index in [1.807, 2.05) is 6.08 Å². The molecule has 2 atom stereocenters. The lowest BCUT2D eigenvalue weighted by Crippen LogP contribution is -2.45. The van der Waals surface area contributed by atoms with E-state index < -0.39 is 12.1 Å². The topological polar surface area (TPSA) is 95.9 Å². The van der Waals surface area contributed by atoms with Crippen LogP contribution < -0.4 is 5.32 Å². The summed E-state index contributed by atoms with van der Waals surface area (Å²) in [5.41, 5.74) is 0. The molecule has 2 unspecified atom stereocenters. The smallest absolute Gasteiger partial charge is 0.305 e. The van der Waals surface area contributed by atoms with Crippen LogP contribution in [0.4, 0.5) is 0 Å². The minimum atomic E-state index is -0.843. The van der Waals surface area contributed by atoms with E-state index in [2.05, 4.69) is 31.3 Å². The fourth-order valence-electron chi connectivity index (χ4n) is 10.6. The maximum Gasteiger partial charge on any atom is 0.305 e. The van der Waals surface area contributed by atoms with E-state index >= 15 is 0 Å². The summed E-state index contributed by atoms with van der Waals surface area (Å²) in [6.45, 7) is 4.93. The highest BCUT2D eigenvalue weighted by molar-refractivity contribution is 5.76. The molecule has 0 saturated heterocycles. The Bertz CT molecular complexity index is 1150. The molecule has 0 rings (SSSR count). The number of hydrogen-bond donors (Lipinski definition) is 3. The third-order valence-corrected chi connectivity index (χ3v) is 15.7. The number of rotatable bonds is 63. The highest BCUT2D eigenvalue weighted by atomic mass is 16.5. The molecule has 0 saturated carbocycles. The second kappa shape index (κ2) is 63.9. The van der Waals surface area contributed by atoms with Gasteiger partial charge in [-0.15, -0.1) is 0 Å². The Kier molecular flexibility index (Phi) is 62.4. The molecular weight excluding hydrogens is 911 g/mol. The molecular formula is C68H131NO5. The van der Waals surface area contributed by atoms with Crippen molar-refractivity contribution in [1.82, 2.24) is 5.32 Å². The fraction of sp³-hybridized carbons (Fsp3) is 0.912. The van der Waals surface area contributed by atoms with Gasteiger partial charge in [-0.25, -0.2) is 0 Å². The Morgan fingerprint density at radius 3 is 0.959 bits per heavy atom. The number of allylic oxidation sites excluding steroid dienone is 3. The number of carbonyl (C=O) groups excluding carboxylic acids is 2.